The average Bonchev–Trinajstić information content (AvgIpc) is 3.43. The molecule has 1 aliphatic carbocycles. The Balaban J connectivity index is 1.18. The molecular weight excluding hydrogens is 493 g/mol. The van der Waals surface area contributed by atoms with E-state index in [1.165, 1.54) is 12.1 Å². The molecule has 1 fully saturated rings. The summed E-state index contributed by atoms with van der Waals surface area (Å²) in [5.74, 6) is 1.61. The van der Waals surface area contributed by atoms with Crippen molar-refractivity contribution < 1.29 is 37.0 Å². The molecule has 3 N–H and O–H groups in total. The lowest BCUT2D eigenvalue weighted by atomic mass is 10.0. The highest BCUT2D eigenvalue weighted by atomic mass is 19.4. The summed E-state index contributed by atoms with van der Waals surface area (Å²) < 4.78 is 53.5. The third kappa shape index (κ3) is 4.46. The molecule has 37 heavy (non-hydrogen) atoms. The van der Waals surface area contributed by atoms with E-state index in [4.69, 9.17) is 9.47 Å². The van der Waals surface area contributed by atoms with Crippen molar-refractivity contribution in [3.05, 3.63) is 65.9 Å². The number of carbonyl (C=O) groups excluding carboxylic acids is 2. The van der Waals surface area contributed by atoms with Gasteiger partial charge >= 0.3 is 12.4 Å². The van der Waals surface area contributed by atoms with Gasteiger partial charge in [-0.15, -0.1) is 13.2 Å². The lowest BCUT2D eigenvalue weighted by Gasteiger charge is -2.20. The van der Waals surface area contributed by atoms with Crippen LogP contribution in [0.3, 0.4) is 0 Å². The number of aromatic nitrogens is 1. The van der Waals surface area contributed by atoms with Gasteiger partial charge in [0.1, 0.15) is 40.5 Å². The van der Waals surface area contributed by atoms with Gasteiger partial charge in [0.05, 0.1) is 0 Å². The number of alkyl halides is 3. The van der Waals surface area contributed by atoms with E-state index in [2.05, 4.69) is 25.7 Å². The summed E-state index contributed by atoms with van der Waals surface area (Å²) in [6, 6.07) is 11.4. The average molecular weight is 512 g/mol. The third-order valence-electron chi connectivity index (χ3n) is 6.36. The molecule has 6 rings (SSSR count). The second-order valence-electron chi connectivity index (χ2n) is 8.88. The molecule has 9 nitrogen and oxygen atoms in total. The second-order valence-corrected chi connectivity index (χ2v) is 8.88. The first-order valence-electron chi connectivity index (χ1n) is 11.4. The molecule has 3 heterocycles. The lowest BCUT2D eigenvalue weighted by molar-refractivity contribution is -0.274. The van der Waals surface area contributed by atoms with Gasteiger partial charge in [0.15, 0.2) is 0 Å². The number of amides is 3. The molecule has 2 atom stereocenters. The highest BCUT2D eigenvalue weighted by Gasteiger charge is 2.64. The van der Waals surface area contributed by atoms with E-state index in [0.717, 1.165) is 23.3 Å². The maximum absolute atomic E-state index is 12.8. The van der Waals surface area contributed by atoms with Gasteiger partial charge in [-0.3, -0.25) is 4.79 Å². The molecule has 1 unspecified atom stereocenters. The number of nitrogens with one attached hydrogen (secondary N) is 3. The van der Waals surface area contributed by atoms with Gasteiger partial charge in [-0.25, -0.2) is 9.78 Å². The highest BCUT2D eigenvalue weighted by molar-refractivity contribution is 5.93. The standard InChI is InChI=1S/C25H19F3N4O5/c26-25(27,28)37-15-3-1-2-13(10-15)30-23(34)32-24-12-20(24)36-19-6-4-14(11-17(19)24)35-18-8-9-29-22-16(18)5-7-21(33)31-22/h1-4,6,8-11,20H,5,7,12H2,(H,29,31,33)(H2,30,32,34)/t20-,24?/m0/s1. The van der Waals surface area contributed by atoms with Crippen molar-refractivity contribution in [3.63, 3.8) is 0 Å². The number of carbonyl (C=O) groups is 2. The fourth-order valence-electron chi connectivity index (χ4n) is 4.65. The van der Waals surface area contributed by atoms with Crippen LogP contribution in [0, 0.1) is 0 Å². The van der Waals surface area contributed by atoms with Crippen LogP contribution in [0.4, 0.5) is 29.5 Å². The summed E-state index contributed by atoms with van der Waals surface area (Å²) in [5, 5.41) is 8.18. The molecule has 0 saturated heterocycles. The van der Waals surface area contributed by atoms with Crippen molar-refractivity contribution in [1.82, 2.24) is 10.3 Å². The quantitative estimate of drug-likeness (QED) is 0.451. The number of benzene rings is 2. The summed E-state index contributed by atoms with van der Waals surface area (Å²) >= 11 is 0. The molecule has 0 radical (unpaired) electrons. The Bertz CT molecular complexity index is 1430. The Morgan fingerprint density at radius 1 is 1.14 bits per heavy atom. The number of halogens is 3. The number of fused-ring (bicyclic) bond motifs is 4. The molecule has 0 spiro atoms. The van der Waals surface area contributed by atoms with Crippen LogP contribution < -0.4 is 30.2 Å². The summed E-state index contributed by atoms with van der Waals surface area (Å²) in [6.07, 6.45) is -2.19. The number of hydrogen-bond acceptors (Lipinski definition) is 6. The maximum Gasteiger partial charge on any atom is 0.573 e. The monoisotopic (exact) mass is 512 g/mol. The minimum absolute atomic E-state index is 0.0995. The third-order valence-corrected chi connectivity index (χ3v) is 6.36. The molecule has 3 aliphatic rings. The number of hydrogen-bond donors (Lipinski definition) is 3. The van der Waals surface area contributed by atoms with E-state index in [-0.39, 0.29) is 17.7 Å². The lowest BCUT2D eigenvalue weighted by Crippen LogP contribution is -2.39. The van der Waals surface area contributed by atoms with E-state index < -0.39 is 23.7 Å². The predicted octanol–water partition coefficient (Wildman–Crippen LogP) is 4.84. The minimum atomic E-state index is -4.84. The Kier molecular flexibility index (Phi) is 5.14. The van der Waals surface area contributed by atoms with Crippen LogP contribution >= 0.6 is 0 Å². The van der Waals surface area contributed by atoms with Crippen LogP contribution in [0.1, 0.15) is 24.0 Å². The van der Waals surface area contributed by atoms with Crippen molar-refractivity contribution in [2.45, 2.75) is 37.3 Å². The van der Waals surface area contributed by atoms with Crippen LogP contribution in [-0.4, -0.2) is 29.4 Å². The van der Waals surface area contributed by atoms with Gasteiger partial charge in [0.2, 0.25) is 5.91 Å². The Hall–Kier alpha value is -4.48. The van der Waals surface area contributed by atoms with Crippen LogP contribution in [0.5, 0.6) is 23.0 Å². The molecule has 2 aliphatic heterocycles. The molecule has 1 aromatic heterocycles. The fourth-order valence-corrected chi connectivity index (χ4v) is 4.65. The summed E-state index contributed by atoms with van der Waals surface area (Å²) in [4.78, 5) is 28.6. The van der Waals surface area contributed by atoms with Crippen LogP contribution in [0.2, 0.25) is 0 Å². The van der Waals surface area contributed by atoms with Gasteiger partial charge in [-0.2, -0.15) is 0 Å². The normalized spacial score (nSPS) is 20.9. The van der Waals surface area contributed by atoms with Gasteiger partial charge in [0.25, 0.3) is 0 Å². The fraction of sp³-hybridized carbons (Fsp3) is 0.240. The van der Waals surface area contributed by atoms with Crippen molar-refractivity contribution in [1.29, 1.82) is 0 Å². The summed E-state index contributed by atoms with van der Waals surface area (Å²) in [5.41, 5.74) is 0.881. The topological polar surface area (TPSA) is 111 Å². The molecule has 3 amide bonds. The zero-order valence-corrected chi connectivity index (χ0v) is 19.0. The van der Waals surface area contributed by atoms with Gasteiger partial charge in [-0.1, -0.05) is 6.07 Å². The summed E-state index contributed by atoms with van der Waals surface area (Å²) in [7, 11) is 0. The second kappa shape index (κ2) is 8.29. The zero-order chi connectivity index (χ0) is 25.8. The molecule has 12 heteroatoms. The van der Waals surface area contributed by atoms with E-state index in [1.807, 2.05) is 0 Å². The Morgan fingerprint density at radius 3 is 2.84 bits per heavy atom. The van der Waals surface area contributed by atoms with E-state index in [0.29, 0.717) is 42.3 Å². The minimum Gasteiger partial charge on any atom is -0.487 e. The molecule has 190 valence electrons. The Labute approximate surface area is 207 Å². The number of pyridine rings is 1. The first-order valence-corrected chi connectivity index (χ1v) is 11.4. The molecule has 3 aromatic rings. The van der Waals surface area contributed by atoms with Crippen molar-refractivity contribution in [2.24, 2.45) is 0 Å². The SMILES string of the molecule is O=C1CCc2c(Oc3ccc4c(c3)C3(NC(=O)Nc5cccc(OC(F)(F)F)c5)C[C@@H]3O4)ccnc2N1. The number of anilines is 2. The predicted molar refractivity (Wildman–Crippen MR) is 124 cm³/mol. The number of rotatable bonds is 5. The first kappa shape index (κ1) is 23.0. The zero-order valence-electron chi connectivity index (χ0n) is 19.0. The summed E-state index contributed by atoms with van der Waals surface area (Å²) in [6.45, 7) is 0. The van der Waals surface area contributed by atoms with Crippen LogP contribution in [0.25, 0.3) is 0 Å². The van der Waals surface area contributed by atoms with Gasteiger partial charge in [-0.05, 0) is 42.8 Å². The molecule has 0 bridgehead atoms. The first-order chi connectivity index (χ1) is 17.7. The van der Waals surface area contributed by atoms with Crippen molar-refractivity contribution in [2.75, 3.05) is 10.6 Å². The number of nitrogens with zero attached hydrogens (tertiary/aromatic N) is 1. The van der Waals surface area contributed by atoms with Crippen LogP contribution in [0.15, 0.2) is 54.7 Å². The smallest absolute Gasteiger partial charge is 0.487 e. The largest absolute Gasteiger partial charge is 0.573 e. The Morgan fingerprint density at radius 2 is 2.00 bits per heavy atom. The van der Waals surface area contributed by atoms with Crippen molar-refractivity contribution >= 4 is 23.4 Å². The van der Waals surface area contributed by atoms with Gasteiger partial charge < -0.3 is 30.2 Å². The maximum atomic E-state index is 12.8. The van der Waals surface area contributed by atoms with Gasteiger partial charge in [0, 0.05) is 41.9 Å². The molecule has 1 saturated carbocycles. The molecule has 2 aromatic carbocycles. The highest BCUT2D eigenvalue weighted by Crippen LogP contribution is 2.58. The van der Waals surface area contributed by atoms with E-state index in [9.17, 15) is 22.8 Å². The van der Waals surface area contributed by atoms with E-state index in [1.54, 1.807) is 30.5 Å². The number of ether oxygens (including phenoxy) is 3. The number of urea groups is 1. The van der Waals surface area contributed by atoms with E-state index >= 15 is 0 Å². The molecular formula is C25H19F3N4O5. The van der Waals surface area contributed by atoms with Crippen LogP contribution in [-0.2, 0) is 16.8 Å². The van der Waals surface area contributed by atoms with Crippen molar-refractivity contribution in [3.8, 4) is 23.0 Å².